The summed E-state index contributed by atoms with van der Waals surface area (Å²) in [4.78, 5) is 0. The highest BCUT2D eigenvalue weighted by molar-refractivity contribution is 5.01. The van der Waals surface area contributed by atoms with Crippen LogP contribution >= 0.6 is 0 Å². The molecule has 0 bridgehead atoms. The van der Waals surface area contributed by atoms with E-state index in [1.54, 1.807) is 0 Å². The van der Waals surface area contributed by atoms with E-state index in [0.717, 1.165) is 13.0 Å². The van der Waals surface area contributed by atoms with Gasteiger partial charge in [-0.15, -0.1) is 0 Å². The van der Waals surface area contributed by atoms with E-state index in [2.05, 4.69) is 30.3 Å². The maximum Gasteiger partial charge on any atom is 0.0492 e. The van der Waals surface area contributed by atoms with Crippen molar-refractivity contribution in [2.45, 2.75) is 39.2 Å². The summed E-state index contributed by atoms with van der Waals surface area (Å²) in [5.41, 5.74) is 1.88. The summed E-state index contributed by atoms with van der Waals surface area (Å²) in [6, 6.07) is 2.73. The van der Waals surface area contributed by atoms with Crippen molar-refractivity contribution in [2.75, 3.05) is 6.54 Å². The lowest BCUT2D eigenvalue weighted by molar-refractivity contribution is 0.382. The molecule has 1 aliphatic rings. The molecular weight excluding hydrogens is 186 g/mol. The van der Waals surface area contributed by atoms with Crippen molar-refractivity contribution < 1.29 is 0 Å². The predicted octanol–water partition coefficient (Wildman–Crippen LogP) is 1.74. The molecule has 1 aliphatic carbocycles. The molecule has 1 saturated carbocycles. The minimum atomic E-state index is 0.576. The Balaban J connectivity index is 1.73. The summed E-state index contributed by atoms with van der Waals surface area (Å²) < 4.78 is 1.95. The Morgan fingerprint density at radius 3 is 2.87 bits per heavy atom. The lowest BCUT2D eigenvalue weighted by Gasteiger charge is -2.20. The van der Waals surface area contributed by atoms with Crippen LogP contribution in [-0.2, 0) is 13.5 Å². The summed E-state index contributed by atoms with van der Waals surface area (Å²) in [5.74, 6) is 0. The van der Waals surface area contributed by atoms with Crippen LogP contribution in [0, 0.1) is 5.41 Å². The minimum absolute atomic E-state index is 0.576. The minimum Gasteiger partial charge on any atom is -0.313 e. The second-order valence-corrected chi connectivity index (χ2v) is 5.03. The van der Waals surface area contributed by atoms with Gasteiger partial charge in [-0.2, -0.15) is 5.10 Å². The second kappa shape index (κ2) is 3.97. The van der Waals surface area contributed by atoms with Gasteiger partial charge in [-0.3, -0.25) is 4.68 Å². The fourth-order valence-corrected chi connectivity index (χ4v) is 1.94. The largest absolute Gasteiger partial charge is 0.313 e. The van der Waals surface area contributed by atoms with Gasteiger partial charge in [-0.05, 0) is 31.2 Å². The van der Waals surface area contributed by atoms with Crippen molar-refractivity contribution in [1.29, 1.82) is 0 Å². The van der Waals surface area contributed by atoms with Crippen LogP contribution in [0.15, 0.2) is 12.3 Å². The van der Waals surface area contributed by atoms with E-state index in [1.807, 2.05) is 17.9 Å². The Bertz CT molecular complexity index is 325. The van der Waals surface area contributed by atoms with Gasteiger partial charge in [-0.25, -0.2) is 0 Å². The smallest absolute Gasteiger partial charge is 0.0492 e. The Labute approximate surface area is 91.9 Å². The zero-order valence-corrected chi connectivity index (χ0v) is 9.95. The van der Waals surface area contributed by atoms with Crippen LogP contribution in [0.5, 0.6) is 0 Å². The van der Waals surface area contributed by atoms with E-state index in [-0.39, 0.29) is 0 Å². The fourth-order valence-electron chi connectivity index (χ4n) is 1.94. The number of aryl methyl sites for hydroxylation is 1. The first kappa shape index (κ1) is 10.7. The molecule has 1 aromatic rings. The first-order valence-corrected chi connectivity index (χ1v) is 5.82. The Hall–Kier alpha value is -0.830. The van der Waals surface area contributed by atoms with Gasteiger partial charge in [0.05, 0.1) is 0 Å². The third kappa shape index (κ3) is 2.40. The number of hydrogen-bond donors (Lipinski definition) is 1. The third-order valence-corrected chi connectivity index (χ3v) is 3.84. The molecule has 1 fully saturated rings. The summed E-state index contributed by atoms with van der Waals surface area (Å²) >= 11 is 0. The maximum atomic E-state index is 4.16. The molecule has 3 heteroatoms. The van der Waals surface area contributed by atoms with Crippen LogP contribution in [-0.4, -0.2) is 22.4 Å². The molecule has 1 atom stereocenters. The molecule has 0 amide bonds. The van der Waals surface area contributed by atoms with Crippen molar-refractivity contribution in [3.63, 3.8) is 0 Å². The standard InChI is InChI=1S/C12H21N3/c1-10(12(2)6-7-12)13-8-4-11-5-9-14-15(11)3/h5,9-10,13H,4,6-8H2,1-3H3. The molecule has 0 radical (unpaired) electrons. The molecule has 1 N–H and O–H groups in total. The topological polar surface area (TPSA) is 29.9 Å². The molecular formula is C12H21N3. The Morgan fingerprint density at radius 2 is 2.33 bits per heavy atom. The molecule has 0 aliphatic heterocycles. The van der Waals surface area contributed by atoms with Gasteiger partial charge in [0.1, 0.15) is 0 Å². The van der Waals surface area contributed by atoms with Crippen LogP contribution < -0.4 is 5.32 Å². The normalized spacial score (nSPS) is 20.2. The van der Waals surface area contributed by atoms with Gasteiger partial charge >= 0.3 is 0 Å². The quantitative estimate of drug-likeness (QED) is 0.797. The highest BCUT2D eigenvalue weighted by Crippen LogP contribution is 2.47. The van der Waals surface area contributed by atoms with Gasteiger partial charge in [0.25, 0.3) is 0 Å². The van der Waals surface area contributed by atoms with E-state index in [0.29, 0.717) is 11.5 Å². The highest BCUT2D eigenvalue weighted by atomic mass is 15.3. The molecule has 1 unspecified atom stereocenters. The number of nitrogens with one attached hydrogen (secondary N) is 1. The zero-order valence-electron chi connectivity index (χ0n) is 9.95. The van der Waals surface area contributed by atoms with Crippen LogP contribution in [0.25, 0.3) is 0 Å². The van der Waals surface area contributed by atoms with Crippen molar-refractivity contribution in [3.8, 4) is 0 Å². The number of nitrogens with zero attached hydrogens (tertiary/aromatic N) is 2. The van der Waals surface area contributed by atoms with Crippen molar-refractivity contribution in [2.24, 2.45) is 12.5 Å². The van der Waals surface area contributed by atoms with Crippen molar-refractivity contribution in [1.82, 2.24) is 15.1 Å². The Kier molecular flexibility index (Phi) is 2.83. The van der Waals surface area contributed by atoms with E-state index < -0.39 is 0 Å². The average Bonchev–Trinajstić information content (AvgIpc) is 2.83. The predicted molar refractivity (Wildman–Crippen MR) is 61.7 cm³/mol. The maximum absolute atomic E-state index is 4.16. The summed E-state index contributed by atoms with van der Waals surface area (Å²) in [6.45, 7) is 5.72. The van der Waals surface area contributed by atoms with Crippen molar-refractivity contribution >= 4 is 0 Å². The molecule has 1 heterocycles. The lowest BCUT2D eigenvalue weighted by atomic mass is 10.0. The highest BCUT2D eigenvalue weighted by Gasteiger charge is 2.41. The summed E-state index contributed by atoms with van der Waals surface area (Å²) in [7, 11) is 2.00. The average molecular weight is 207 g/mol. The van der Waals surface area contributed by atoms with Crippen LogP contribution in [0.2, 0.25) is 0 Å². The molecule has 3 nitrogen and oxygen atoms in total. The molecule has 0 spiro atoms. The molecule has 15 heavy (non-hydrogen) atoms. The second-order valence-electron chi connectivity index (χ2n) is 5.03. The van der Waals surface area contributed by atoms with Gasteiger partial charge in [0.2, 0.25) is 0 Å². The van der Waals surface area contributed by atoms with Gasteiger partial charge in [-0.1, -0.05) is 6.92 Å². The molecule has 2 rings (SSSR count). The lowest BCUT2D eigenvalue weighted by Crippen LogP contribution is -2.34. The fraction of sp³-hybridized carbons (Fsp3) is 0.750. The molecule has 0 aromatic carbocycles. The monoisotopic (exact) mass is 207 g/mol. The first-order chi connectivity index (χ1) is 7.12. The van der Waals surface area contributed by atoms with Gasteiger partial charge in [0.15, 0.2) is 0 Å². The SMILES string of the molecule is CC(NCCc1ccnn1C)C1(C)CC1. The number of rotatable bonds is 5. The van der Waals surface area contributed by atoms with E-state index in [1.165, 1.54) is 18.5 Å². The Morgan fingerprint density at radius 1 is 1.60 bits per heavy atom. The number of aromatic nitrogens is 2. The zero-order chi connectivity index (χ0) is 10.9. The molecule has 0 saturated heterocycles. The summed E-state index contributed by atoms with van der Waals surface area (Å²) in [5, 5.41) is 7.77. The molecule has 1 aromatic heterocycles. The van der Waals surface area contributed by atoms with Crippen LogP contribution in [0.4, 0.5) is 0 Å². The van der Waals surface area contributed by atoms with Crippen LogP contribution in [0.1, 0.15) is 32.4 Å². The van der Waals surface area contributed by atoms with Crippen molar-refractivity contribution in [3.05, 3.63) is 18.0 Å². The van der Waals surface area contributed by atoms with E-state index >= 15 is 0 Å². The summed E-state index contributed by atoms with van der Waals surface area (Å²) in [6.07, 6.45) is 5.69. The first-order valence-electron chi connectivity index (χ1n) is 5.82. The van der Waals surface area contributed by atoms with E-state index in [9.17, 15) is 0 Å². The van der Waals surface area contributed by atoms with Gasteiger partial charge < -0.3 is 5.32 Å². The van der Waals surface area contributed by atoms with E-state index in [4.69, 9.17) is 0 Å². The number of hydrogen-bond acceptors (Lipinski definition) is 2. The van der Waals surface area contributed by atoms with Gasteiger partial charge in [0, 0.05) is 37.9 Å². The molecule has 84 valence electrons. The third-order valence-electron chi connectivity index (χ3n) is 3.84. The van der Waals surface area contributed by atoms with Crippen LogP contribution in [0.3, 0.4) is 0 Å².